The number of amides is 1. The van der Waals surface area contributed by atoms with Crippen molar-refractivity contribution in [1.82, 2.24) is 0 Å². The van der Waals surface area contributed by atoms with E-state index >= 15 is 0 Å². The third kappa shape index (κ3) is 2.88. The van der Waals surface area contributed by atoms with Gasteiger partial charge in [-0.05, 0) is 42.8 Å². The molecule has 3 N–H and O–H groups in total. The van der Waals surface area contributed by atoms with E-state index in [1.165, 1.54) is 19.2 Å². The van der Waals surface area contributed by atoms with Gasteiger partial charge in [0.15, 0.2) is 0 Å². The summed E-state index contributed by atoms with van der Waals surface area (Å²) < 4.78 is 18.3. The van der Waals surface area contributed by atoms with E-state index in [1.807, 2.05) is 13.0 Å². The van der Waals surface area contributed by atoms with E-state index in [4.69, 9.17) is 10.5 Å². The summed E-state index contributed by atoms with van der Waals surface area (Å²) in [6, 6.07) is 9.28. The summed E-state index contributed by atoms with van der Waals surface area (Å²) in [4.78, 5) is 12.1. The van der Waals surface area contributed by atoms with Gasteiger partial charge in [-0.3, -0.25) is 4.79 Å². The van der Waals surface area contributed by atoms with Gasteiger partial charge >= 0.3 is 0 Å². The first-order valence-corrected chi connectivity index (χ1v) is 6.02. The third-order valence-corrected chi connectivity index (χ3v) is 2.86. The number of rotatable bonds is 3. The highest BCUT2D eigenvalue weighted by atomic mass is 19.1. The molecule has 0 aliphatic heterocycles. The second kappa shape index (κ2) is 5.61. The Morgan fingerprint density at radius 3 is 2.65 bits per heavy atom. The smallest absolute Gasteiger partial charge is 0.255 e. The molecule has 0 aromatic heterocycles. The molecule has 0 radical (unpaired) electrons. The van der Waals surface area contributed by atoms with Gasteiger partial charge in [-0.15, -0.1) is 0 Å². The first-order valence-electron chi connectivity index (χ1n) is 6.02. The fourth-order valence-electron chi connectivity index (χ4n) is 1.80. The Kier molecular flexibility index (Phi) is 3.89. The zero-order chi connectivity index (χ0) is 14.7. The van der Waals surface area contributed by atoms with Crippen LogP contribution < -0.4 is 15.8 Å². The molecule has 0 atom stereocenters. The van der Waals surface area contributed by atoms with Gasteiger partial charge in [0.2, 0.25) is 0 Å². The van der Waals surface area contributed by atoms with Gasteiger partial charge in [0, 0.05) is 5.56 Å². The fourth-order valence-corrected chi connectivity index (χ4v) is 1.80. The number of anilines is 2. The number of carbonyl (C=O) groups excluding carboxylic acids is 1. The number of nitrogen functional groups attached to an aromatic ring is 1. The zero-order valence-corrected chi connectivity index (χ0v) is 11.2. The average Bonchev–Trinajstić information content (AvgIpc) is 2.42. The molecule has 104 valence electrons. The predicted octanol–water partition coefficient (Wildman–Crippen LogP) is 2.98. The molecule has 0 fully saturated rings. The summed E-state index contributed by atoms with van der Waals surface area (Å²) >= 11 is 0. The molecule has 0 bridgehead atoms. The lowest BCUT2D eigenvalue weighted by molar-refractivity contribution is 0.102. The standard InChI is InChI=1S/C15H15FN2O2/c1-9-3-6-14(20-2)13(7-9)18-15(19)10-4-5-11(16)12(17)8-10/h3-8H,17H2,1-2H3,(H,18,19). The Hall–Kier alpha value is -2.56. The average molecular weight is 274 g/mol. The number of carbonyl (C=O) groups is 1. The second-order valence-corrected chi connectivity index (χ2v) is 4.39. The van der Waals surface area contributed by atoms with E-state index in [0.717, 1.165) is 11.6 Å². The van der Waals surface area contributed by atoms with Crippen LogP contribution in [-0.4, -0.2) is 13.0 Å². The highest BCUT2D eigenvalue weighted by Gasteiger charge is 2.11. The first-order chi connectivity index (χ1) is 9.51. The maximum Gasteiger partial charge on any atom is 0.255 e. The molecule has 0 heterocycles. The van der Waals surface area contributed by atoms with Crippen LogP contribution in [-0.2, 0) is 0 Å². The molecule has 5 heteroatoms. The van der Waals surface area contributed by atoms with Crippen molar-refractivity contribution in [1.29, 1.82) is 0 Å². The first kappa shape index (κ1) is 13.9. The quantitative estimate of drug-likeness (QED) is 0.846. The lowest BCUT2D eigenvalue weighted by Crippen LogP contribution is -2.13. The van der Waals surface area contributed by atoms with Crippen LogP contribution >= 0.6 is 0 Å². The number of hydrogen-bond donors (Lipinski definition) is 2. The number of benzene rings is 2. The van der Waals surface area contributed by atoms with Gasteiger partial charge in [-0.1, -0.05) is 6.07 Å². The monoisotopic (exact) mass is 274 g/mol. The van der Waals surface area contributed by atoms with Crippen LogP contribution in [0.5, 0.6) is 5.75 Å². The summed E-state index contributed by atoms with van der Waals surface area (Å²) in [6.07, 6.45) is 0. The summed E-state index contributed by atoms with van der Waals surface area (Å²) in [6.45, 7) is 1.91. The fraction of sp³-hybridized carbons (Fsp3) is 0.133. The normalized spacial score (nSPS) is 10.2. The molecule has 4 nitrogen and oxygen atoms in total. The Balaban J connectivity index is 2.27. The van der Waals surface area contributed by atoms with Crippen LogP contribution in [0.1, 0.15) is 15.9 Å². The van der Waals surface area contributed by atoms with Crippen LogP contribution in [0.15, 0.2) is 36.4 Å². The SMILES string of the molecule is COc1ccc(C)cc1NC(=O)c1ccc(F)c(N)c1. The van der Waals surface area contributed by atoms with E-state index in [0.29, 0.717) is 11.4 Å². The highest BCUT2D eigenvalue weighted by molar-refractivity contribution is 6.05. The molecule has 0 spiro atoms. The summed E-state index contributed by atoms with van der Waals surface area (Å²) in [7, 11) is 1.52. The van der Waals surface area contributed by atoms with Crippen LogP contribution in [0.4, 0.5) is 15.8 Å². The van der Waals surface area contributed by atoms with E-state index in [9.17, 15) is 9.18 Å². The van der Waals surface area contributed by atoms with Crippen molar-refractivity contribution in [3.63, 3.8) is 0 Å². The molecule has 0 aliphatic rings. The second-order valence-electron chi connectivity index (χ2n) is 4.39. The molecule has 0 saturated heterocycles. The molecular weight excluding hydrogens is 259 g/mol. The molecule has 20 heavy (non-hydrogen) atoms. The van der Waals surface area contributed by atoms with Gasteiger partial charge in [-0.25, -0.2) is 4.39 Å². The van der Waals surface area contributed by atoms with Crippen molar-refractivity contribution in [2.75, 3.05) is 18.2 Å². The number of methoxy groups -OCH3 is 1. The maximum absolute atomic E-state index is 13.1. The predicted molar refractivity (Wildman–Crippen MR) is 76.5 cm³/mol. The Morgan fingerprint density at radius 1 is 1.25 bits per heavy atom. The van der Waals surface area contributed by atoms with Gasteiger partial charge in [0.25, 0.3) is 5.91 Å². The van der Waals surface area contributed by atoms with Crippen LogP contribution in [0.25, 0.3) is 0 Å². The number of ether oxygens (including phenoxy) is 1. The van der Waals surface area contributed by atoms with Crippen molar-refractivity contribution >= 4 is 17.3 Å². The van der Waals surface area contributed by atoms with Crippen molar-refractivity contribution in [3.05, 3.63) is 53.3 Å². The molecule has 0 aliphatic carbocycles. The van der Waals surface area contributed by atoms with Crippen molar-refractivity contribution in [2.24, 2.45) is 0 Å². The van der Waals surface area contributed by atoms with Crippen molar-refractivity contribution in [2.45, 2.75) is 6.92 Å². The van der Waals surface area contributed by atoms with Crippen molar-refractivity contribution in [3.8, 4) is 5.75 Å². The molecule has 0 saturated carbocycles. The van der Waals surface area contributed by atoms with Gasteiger partial charge in [0.1, 0.15) is 11.6 Å². The molecule has 2 rings (SSSR count). The Morgan fingerprint density at radius 2 is 2.00 bits per heavy atom. The number of halogens is 1. The van der Waals surface area contributed by atoms with E-state index in [1.54, 1.807) is 12.1 Å². The van der Waals surface area contributed by atoms with Gasteiger partial charge in [-0.2, -0.15) is 0 Å². The number of aryl methyl sites for hydroxylation is 1. The van der Waals surface area contributed by atoms with E-state index in [2.05, 4.69) is 5.32 Å². The van der Waals surface area contributed by atoms with E-state index < -0.39 is 5.82 Å². The Labute approximate surface area is 116 Å². The van der Waals surface area contributed by atoms with E-state index in [-0.39, 0.29) is 17.2 Å². The summed E-state index contributed by atoms with van der Waals surface area (Å²) in [5.41, 5.74) is 7.22. The lowest BCUT2D eigenvalue weighted by atomic mass is 10.1. The topological polar surface area (TPSA) is 64.3 Å². The van der Waals surface area contributed by atoms with Crippen LogP contribution in [0, 0.1) is 12.7 Å². The summed E-state index contributed by atoms with van der Waals surface area (Å²) in [5, 5.41) is 2.72. The highest BCUT2D eigenvalue weighted by Crippen LogP contribution is 2.26. The van der Waals surface area contributed by atoms with Gasteiger partial charge < -0.3 is 15.8 Å². The van der Waals surface area contributed by atoms with Gasteiger partial charge in [0.05, 0.1) is 18.5 Å². The number of hydrogen-bond acceptors (Lipinski definition) is 3. The lowest BCUT2D eigenvalue weighted by Gasteiger charge is -2.11. The molecule has 0 unspecified atom stereocenters. The minimum absolute atomic E-state index is 0.0612. The molecular formula is C15H15FN2O2. The minimum atomic E-state index is -0.547. The van der Waals surface area contributed by atoms with Crippen molar-refractivity contribution < 1.29 is 13.9 Å². The molecule has 2 aromatic rings. The van der Waals surface area contributed by atoms with Crippen LogP contribution in [0.3, 0.4) is 0 Å². The zero-order valence-electron chi connectivity index (χ0n) is 11.2. The molecule has 1 amide bonds. The number of nitrogens with two attached hydrogens (primary N) is 1. The third-order valence-electron chi connectivity index (χ3n) is 2.86. The van der Waals surface area contributed by atoms with Crippen LogP contribution in [0.2, 0.25) is 0 Å². The largest absolute Gasteiger partial charge is 0.495 e. The number of nitrogens with one attached hydrogen (secondary N) is 1. The molecule has 2 aromatic carbocycles. The summed E-state index contributed by atoms with van der Waals surface area (Å²) in [5.74, 6) is -0.366. The maximum atomic E-state index is 13.1. The minimum Gasteiger partial charge on any atom is -0.495 e. The Bertz CT molecular complexity index is 656.